The first-order valence-electron chi connectivity index (χ1n) is 7.08. The molecular weight excluding hydrogens is 227 g/mol. The first-order chi connectivity index (χ1) is 8.84. The Morgan fingerprint density at radius 1 is 1.00 bits per heavy atom. The monoisotopic (exact) mass is 248 g/mol. The lowest BCUT2D eigenvalue weighted by molar-refractivity contribution is 0.162. The molecule has 0 spiro atoms. The summed E-state index contributed by atoms with van der Waals surface area (Å²) in [5.41, 5.74) is 0.782. The van der Waals surface area contributed by atoms with E-state index in [4.69, 9.17) is 0 Å². The topological polar surface area (TPSA) is 6.48 Å². The molecule has 2 nitrogen and oxygen atoms in total. The van der Waals surface area contributed by atoms with Crippen LogP contribution in [0.1, 0.15) is 25.7 Å². The fourth-order valence-corrected chi connectivity index (χ4v) is 3.30. The number of piperidine rings is 1. The summed E-state index contributed by atoms with van der Waals surface area (Å²) in [5.74, 6) is -0.0817. The maximum Gasteiger partial charge on any atom is 0.146 e. The Morgan fingerprint density at radius 2 is 1.83 bits per heavy atom. The highest BCUT2D eigenvalue weighted by molar-refractivity contribution is 5.48. The summed E-state index contributed by atoms with van der Waals surface area (Å²) in [6, 6.07) is 7.80. The van der Waals surface area contributed by atoms with Gasteiger partial charge in [-0.15, -0.1) is 0 Å². The van der Waals surface area contributed by atoms with Crippen LogP contribution >= 0.6 is 0 Å². The standard InChI is InChI=1S/C15H21FN2/c16-14-7-1-2-8-15(14)18-11-5-10-17-9-4-3-6-13(17)12-18/h1-2,7-8,13H,3-6,9-12H2. The third-order valence-corrected chi connectivity index (χ3v) is 4.25. The molecule has 0 radical (unpaired) electrons. The second-order valence-corrected chi connectivity index (χ2v) is 5.44. The molecule has 2 saturated heterocycles. The van der Waals surface area contributed by atoms with Crippen molar-refractivity contribution in [1.82, 2.24) is 4.90 Å². The van der Waals surface area contributed by atoms with Gasteiger partial charge in [-0.1, -0.05) is 18.6 Å². The molecule has 18 heavy (non-hydrogen) atoms. The molecule has 1 atom stereocenters. The molecule has 0 amide bonds. The Labute approximate surface area is 108 Å². The van der Waals surface area contributed by atoms with E-state index in [-0.39, 0.29) is 5.82 Å². The molecule has 98 valence electrons. The lowest BCUT2D eigenvalue weighted by Crippen LogP contribution is -2.44. The number of nitrogens with zero attached hydrogens (tertiary/aromatic N) is 2. The molecule has 1 aromatic carbocycles. The molecular formula is C15H21FN2. The van der Waals surface area contributed by atoms with Crippen LogP contribution in [0.3, 0.4) is 0 Å². The van der Waals surface area contributed by atoms with E-state index in [2.05, 4.69) is 9.80 Å². The average molecular weight is 248 g/mol. The SMILES string of the molecule is Fc1ccccc1N1CCCN2CCCCC2C1. The molecule has 2 aliphatic rings. The van der Waals surface area contributed by atoms with Crippen LogP contribution in [0, 0.1) is 5.82 Å². The Bertz CT molecular complexity index is 407. The van der Waals surface area contributed by atoms with Gasteiger partial charge in [-0.05, 0) is 37.9 Å². The molecule has 3 heteroatoms. The lowest BCUT2D eigenvalue weighted by atomic mass is 10.0. The van der Waals surface area contributed by atoms with Crippen molar-refractivity contribution in [3.8, 4) is 0 Å². The Balaban J connectivity index is 1.79. The maximum absolute atomic E-state index is 13.9. The normalized spacial score (nSPS) is 25.6. The summed E-state index contributed by atoms with van der Waals surface area (Å²) >= 11 is 0. The highest BCUT2D eigenvalue weighted by Crippen LogP contribution is 2.26. The minimum atomic E-state index is -0.0817. The van der Waals surface area contributed by atoms with Crippen molar-refractivity contribution in [2.24, 2.45) is 0 Å². The summed E-state index contributed by atoms with van der Waals surface area (Å²) in [6.07, 6.45) is 5.07. The average Bonchev–Trinajstić information content (AvgIpc) is 2.61. The van der Waals surface area contributed by atoms with Crippen LogP contribution in [0.4, 0.5) is 10.1 Å². The largest absolute Gasteiger partial charge is 0.368 e. The zero-order chi connectivity index (χ0) is 12.4. The highest BCUT2D eigenvalue weighted by atomic mass is 19.1. The Morgan fingerprint density at radius 3 is 2.72 bits per heavy atom. The number of fused-ring (bicyclic) bond motifs is 1. The van der Waals surface area contributed by atoms with Crippen LogP contribution in [0.25, 0.3) is 0 Å². The van der Waals surface area contributed by atoms with E-state index in [0.29, 0.717) is 6.04 Å². The molecule has 0 aromatic heterocycles. The van der Waals surface area contributed by atoms with E-state index in [1.54, 1.807) is 12.1 Å². The van der Waals surface area contributed by atoms with Gasteiger partial charge >= 0.3 is 0 Å². The second-order valence-electron chi connectivity index (χ2n) is 5.44. The molecule has 0 saturated carbocycles. The van der Waals surface area contributed by atoms with Gasteiger partial charge in [0.1, 0.15) is 5.82 Å². The van der Waals surface area contributed by atoms with Gasteiger partial charge in [0.2, 0.25) is 0 Å². The number of anilines is 1. The highest BCUT2D eigenvalue weighted by Gasteiger charge is 2.27. The zero-order valence-corrected chi connectivity index (χ0v) is 10.8. The molecule has 2 fully saturated rings. The third kappa shape index (κ3) is 2.37. The number of benzene rings is 1. The summed E-state index contributed by atoms with van der Waals surface area (Å²) in [4.78, 5) is 4.84. The van der Waals surface area contributed by atoms with Gasteiger partial charge in [0.05, 0.1) is 5.69 Å². The van der Waals surface area contributed by atoms with E-state index in [9.17, 15) is 4.39 Å². The van der Waals surface area contributed by atoms with Crippen molar-refractivity contribution in [3.05, 3.63) is 30.1 Å². The minimum absolute atomic E-state index is 0.0817. The quantitative estimate of drug-likeness (QED) is 0.754. The molecule has 0 aliphatic carbocycles. The van der Waals surface area contributed by atoms with E-state index in [1.165, 1.54) is 32.4 Å². The minimum Gasteiger partial charge on any atom is -0.368 e. The smallest absolute Gasteiger partial charge is 0.146 e. The van der Waals surface area contributed by atoms with Crippen LogP contribution in [-0.2, 0) is 0 Å². The molecule has 0 N–H and O–H groups in total. The van der Waals surface area contributed by atoms with Crippen molar-refractivity contribution < 1.29 is 4.39 Å². The van der Waals surface area contributed by atoms with Crippen molar-refractivity contribution in [3.63, 3.8) is 0 Å². The van der Waals surface area contributed by atoms with E-state index >= 15 is 0 Å². The summed E-state index contributed by atoms with van der Waals surface area (Å²) in [5, 5.41) is 0. The predicted molar refractivity (Wildman–Crippen MR) is 72.4 cm³/mol. The van der Waals surface area contributed by atoms with Crippen molar-refractivity contribution in [2.75, 3.05) is 31.1 Å². The van der Waals surface area contributed by atoms with Crippen LogP contribution in [0.5, 0.6) is 0 Å². The van der Waals surface area contributed by atoms with Crippen LogP contribution in [0.15, 0.2) is 24.3 Å². The predicted octanol–water partition coefficient (Wildman–Crippen LogP) is 2.89. The van der Waals surface area contributed by atoms with Crippen molar-refractivity contribution in [1.29, 1.82) is 0 Å². The summed E-state index contributed by atoms with van der Waals surface area (Å²) < 4.78 is 13.9. The first kappa shape index (κ1) is 12.0. The van der Waals surface area contributed by atoms with Crippen LogP contribution in [0.2, 0.25) is 0 Å². The maximum atomic E-state index is 13.9. The number of para-hydroxylation sites is 1. The molecule has 1 aromatic rings. The van der Waals surface area contributed by atoms with Crippen molar-refractivity contribution >= 4 is 5.69 Å². The van der Waals surface area contributed by atoms with Gasteiger partial charge < -0.3 is 4.90 Å². The van der Waals surface area contributed by atoms with Gasteiger partial charge in [-0.25, -0.2) is 4.39 Å². The summed E-state index contributed by atoms with van der Waals surface area (Å²) in [7, 11) is 0. The molecule has 2 aliphatic heterocycles. The number of rotatable bonds is 1. The van der Waals surface area contributed by atoms with Gasteiger partial charge in [-0.2, -0.15) is 0 Å². The fourth-order valence-electron chi connectivity index (χ4n) is 3.30. The molecule has 0 bridgehead atoms. The lowest BCUT2D eigenvalue weighted by Gasteiger charge is -2.35. The third-order valence-electron chi connectivity index (χ3n) is 4.25. The number of hydrogen-bond acceptors (Lipinski definition) is 2. The van der Waals surface area contributed by atoms with Crippen LogP contribution in [-0.4, -0.2) is 37.1 Å². The van der Waals surface area contributed by atoms with Gasteiger partial charge in [-0.3, -0.25) is 4.90 Å². The number of hydrogen-bond donors (Lipinski definition) is 0. The molecule has 2 heterocycles. The van der Waals surface area contributed by atoms with Crippen molar-refractivity contribution in [2.45, 2.75) is 31.7 Å². The van der Waals surface area contributed by atoms with Gasteiger partial charge in [0, 0.05) is 25.7 Å². The molecule has 1 unspecified atom stereocenters. The van der Waals surface area contributed by atoms with E-state index in [1.807, 2.05) is 12.1 Å². The van der Waals surface area contributed by atoms with Gasteiger partial charge in [0.25, 0.3) is 0 Å². The number of halogens is 1. The second kappa shape index (κ2) is 5.27. The van der Waals surface area contributed by atoms with Crippen LogP contribution < -0.4 is 4.90 Å². The summed E-state index contributed by atoms with van der Waals surface area (Å²) in [6.45, 7) is 4.38. The molecule has 3 rings (SSSR count). The Kier molecular flexibility index (Phi) is 3.50. The first-order valence-corrected chi connectivity index (χ1v) is 7.08. The van der Waals surface area contributed by atoms with Gasteiger partial charge in [0.15, 0.2) is 0 Å². The zero-order valence-electron chi connectivity index (χ0n) is 10.8. The van der Waals surface area contributed by atoms with E-state index in [0.717, 1.165) is 25.2 Å². The fraction of sp³-hybridized carbons (Fsp3) is 0.600. The Hall–Kier alpha value is -1.09. The van der Waals surface area contributed by atoms with E-state index < -0.39 is 0 Å².